The Bertz CT molecular complexity index is 424. The van der Waals surface area contributed by atoms with E-state index in [4.69, 9.17) is 4.74 Å². The molecule has 2 heterocycles. The van der Waals surface area contributed by atoms with Crippen LogP contribution in [0.25, 0.3) is 0 Å². The van der Waals surface area contributed by atoms with Crippen molar-refractivity contribution in [2.45, 2.75) is 51.7 Å². The quantitative estimate of drug-likeness (QED) is 0.427. The standard InChI is InChI=1S/C19H39N5O2/c1-4-20-18(21-14-17-8-6-7-9-24(17)5-2)22-15-19(3,25)16-23-10-12-26-13-11-23/h17,25H,4-16H2,1-3H3,(H2,20,21,22). The number of nitrogens with one attached hydrogen (secondary N) is 2. The van der Waals surface area contributed by atoms with E-state index in [9.17, 15) is 5.11 Å². The van der Waals surface area contributed by atoms with Gasteiger partial charge in [-0.1, -0.05) is 13.3 Å². The molecule has 152 valence electrons. The molecule has 2 aliphatic heterocycles. The highest BCUT2D eigenvalue weighted by atomic mass is 16.5. The Hall–Kier alpha value is -0.890. The molecule has 2 rings (SSSR count). The third kappa shape index (κ3) is 7.39. The number of hydrogen-bond acceptors (Lipinski definition) is 5. The van der Waals surface area contributed by atoms with Gasteiger partial charge in [-0.25, -0.2) is 0 Å². The molecule has 0 aromatic carbocycles. The first kappa shape index (κ1) is 21.4. The second-order valence-corrected chi connectivity index (χ2v) is 7.74. The summed E-state index contributed by atoms with van der Waals surface area (Å²) in [5.41, 5.74) is -0.833. The van der Waals surface area contributed by atoms with Crippen molar-refractivity contribution in [2.75, 3.05) is 65.6 Å². The monoisotopic (exact) mass is 369 g/mol. The van der Waals surface area contributed by atoms with Crippen molar-refractivity contribution in [1.29, 1.82) is 0 Å². The summed E-state index contributed by atoms with van der Waals surface area (Å²) in [7, 11) is 0. The fourth-order valence-corrected chi connectivity index (χ4v) is 3.80. The highest BCUT2D eigenvalue weighted by Gasteiger charge is 2.25. The average Bonchev–Trinajstić information content (AvgIpc) is 2.64. The first-order chi connectivity index (χ1) is 12.5. The Labute approximate surface area is 159 Å². The molecule has 0 radical (unpaired) electrons. The van der Waals surface area contributed by atoms with E-state index in [1.807, 2.05) is 6.92 Å². The Morgan fingerprint density at radius 2 is 1.96 bits per heavy atom. The van der Waals surface area contributed by atoms with Gasteiger partial charge in [0.2, 0.25) is 0 Å². The van der Waals surface area contributed by atoms with Gasteiger partial charge >= 0.3 is 0 Å². The summed E-state index contributed by atoms with van der Waals surface area (Å²) in [5, 5.41) is 17.5. The number of nitrogens with zero attached hydrogens (tertiary/aromatic N) is 3. The predicted molar refractivity (Wildman–Crippen MR) is 107 cm³/mol. The summed E-state index contributed by atoms with van der Waals surface area (Å²) >= 11 is 0. The van der Waals surface area contributed by atoms with Gasteiger partial charge < -0.3 is 20.5 Å². The van der Waals surface area contributed by atoms with E-state index in [2.05, 4.69) is 39.3 Å². The van der Waals surface area contributed by atoms with Crippen molar-refractivity contribution < 1.29 is 9.84 Å². The van der Waals surface area contributed by atoms with Crippen LogP contribution in [0.3, 0.4) is 0 Å². The first-order valence-corrected chi connectivity index (χ1v) is 10.3. The van der Waals surface area contributed by atoms with E-state index < -0.39 is 5.60 Å². The fourth-order valence-electron chi connectivity index (χ4n) is 3.80. The third-order valence-corrected chi connectivity index (χ3v) is 5.25. The zero-order valence-electron chi connectivity index (χ0n) is 17.0. The summed E-state index contributed by atoms with van der Waals surface area (Å²) in [6.45, 7) is 14.5. The number of β-amino-alcohol motifs (C(OH)–C–C–N with tert-alkyl or cyclic N) is 1. The van der Waals surface area contributed by atoms with E-state index in [-0.39, 0.29) is 0 Å². The Morgan fingerprint density at radius 1 is 1.19 bits per heavy atom. The molecule has 2 aliphatic rings. The highest BCUT2D eigenvalue weighted by Crippen LogP contribution is 2.15. The summed E-state index contributed by atoms with van der Waals surface area (Å²) < 4.78 is 5.38. The summed E-state index contributed by atoms with van der Waals surface area (Å²) in [6.07, 6.45) is 3.86. The molecule has 7 nitrogen and oxygen atoms in total. The molecular weight excluding hydrogens is 330 g/mol. The molecule has 0 saturated carbocycles. The Morgan fingerprint density at radius 3 is 2.65 bits per heavy atom. The normalized spacial score (nSPS) is 25.7. The lowest BCUT2D eigenvalue weighted by Crippen LogP contribution is -2.50. The van der Waals surface area contributed by atoms with Crippen molar-refractivity contribution in [3.63, 3.8) is 0 Å². The number of ether oxygens (including phenoxy) is 1. The van der Waals surface area contributed by atoms with Crippen molar-refractivity contribution in [3.8, 4) is 0 Å². The summed E-state index contributed by atoms with van der Waals surface area (Å²) in [5.74, 6) is 0.802. The maximum absolute atomic E-state index is 10.7. The van der Waals surface area contributed by atoms with Crippen LogP contribution in [0.2, 0.25) is 0 Å². The molecule has 0 bridgehead atoms. The van der Waals surface area contributed by atoms with Crippen LogP contribution < -0.4 is 10.6 Å². The summed E-state index contributed by atoms with van der Waals surface area (Å²) in [4.78, 5) is 9.45. The smallest absolute Gasteiger partial charge is 0.191 e. The second kappa shape index (κ2) is 11.1. The minimum Gasteiger partial charge on any atom is -0.387 e. The average molecular weight is 370 g/mol. The van der Waals surface area contributed by atoms with Crippen molar-refractivity contribution in [2.24, 2.45) is 4.99 Å². The number of likely N-dealkylation sites (tertiary alicyclic amines) is 1. The van der Waals surface area contributed by atoms with Gasteiger partial charge in [0, 0.05) is 38.8 Å². The van der Waals surface area contributed by atoms with Gasteiger partial charge in [0.15, 0.2) is 5.96 Å². The molecule has 2 fully saturated rings. The molecule has 26 heavy (non-hydrogen) atoms. The third-order valence-electron chi connectivity index (χ3n) is 5.25. The minimum absolute atomic E-state index is 0.391. The molecule has 0 aromatic heterocycles. The van der Waals surface area contributed by atoms with Crippen LogP contribution in [0.5, 0.6) is 0 Å². The highest BCUT2D eigenvalue weighted by molar-refractivity contribution is 5.79. The fraction of sp³-hybridized carbons (Fsp3) is 0.947. The molecule has 2 unspecified atom stereocenters. The molecule has 0 aliphatic carbocycles. The van der Waals surface area contributed by atoms with Crippen molar-refractivity contribution >= 4 is 5.96 Å². The maximum Gasteiger partial charge on any atom is 0.191 e. The van der Waals surface area contributed by atoms with E-state index >= 15 is 0 Å². The molecule has 3 N–H and O–H groups in total. The lowest BCUT2D eigenvalue weighted by Gasteiger charge is -2.35. The largest absolute Gasteiger partial charge is 0.387 e. The number of guanidine groups is 1. The minimum atomic E-state index is -0.833. The Balaban J connectivity index is 1.84. The van der Waals surface area contributed by atoms with Crippen molar-refractivity contribution in [3.05, 3.63) is 0 Å². The van der Waals surface area contributed by atoms with Crippen molar-refractivity contribution in [1.82, 2.24) is 20.4 Å². The molecule has 0 spiro atoms. The van der Waals surface area contributed by atoms with Gasteiger partial charge in [-0.3, -0.25) is 14.8 Å². The number of morpholine rings is 1. The molecule has 0 amide bonds. The molecule has 2 atom stereocenters. The predicted octanol–water partition coefficient (Wildman–Crippen LogP) is 0.499. The number of aliphatic hydroxyl groups is 1. The summed E-state index contributed by atoms with van der Waals surface area (Å²) in [6, 6.07) is 0.575. The van der Waals surface area contributed by atoms with Crippen LogP contribution in [0.1, 0.15) is 40.0 Å². The van der Waals surface area contributed by atoms with Crippen LogP contribution in [0.15, 0.2) is 4.99 Å². The molecule has 0 aromatic rings. The van der Waals surface area contributed by atoms with Crippen LogP contribution in [-0.2, 0) is 4.74 Å². The van der Waals surface area contributed by atoms with Crippen LogP contribution in [0, 0.1) is 0 Å². The SMILES string of the molecule is CCNC(=NCC(C)(O)CN1CCOCC1)NCC1CCCCN1CC. The van der Waals surface area contributed by atoms with Crippen LogP contribution in [0.4, 0.5) is 0 Å². The lowest BCUT2D eigenvalue weighted by molar-refractivity contribution is -0.0180. The van der Waals surface area contributed by atoms with E-state index in [1.54, 1.807) is 0 Å². The van der Waals surface area contributed by atoms with E-state index in [0.29, 0.717) is 19.1 Å². The van der Waals surface area contributed by atoms with Gasteiger partial charge in [-0.05, 0) is 39.8 Å². The van der Waals surface area contributed by atoms with E-state index in [0.717, 1.165) is 51.9 Å². The van der Waals surface area contributed by atoms with Gasteiger partial charge in [0.1, 0.15) is 0 Å². The topological polar surface area (TPSA) is 72.4 Å². The van der Waals surface area contributed by atoms with Crippen LogP contribution in [-0.4, -0.2) is 98.1 Å². The first-order valence-electron chi connectivity index (χ1n) is 10.3. The van der Waals surface area contributed by atoms with Gasteiger partial charge in [0.05, 0.1) is 25.4 Å². The van der Waals surface area contributed by atoms with Gasteiger partial charge in [-0.2, -0.15) is 0 Å². The van der Waals surface area contributed by atoms with E-state index in [1.165, 1.54) is 25.8 Å². The van der Waals surface area contributed by atoms with Gasteiger partial charge in [-0.15, -0.1) is 0 Å². The number of piperidine rings is 1. The number of hydrogen-bond donors (Lipinski definition) is 3. The second-order valence-electron chi connectivity index (χ2n) is 7.74. The lowest BCUT2D eigenvalue weighted by atomic mass is 10.0. The number of rotatable bonds is 8. The van der Waals surface area contributed by atoms with Gasteiger partial charge in [0.25, 0.3) is 0 Å². The maximum atomic E-state index is 10.7. The Kier molecular flexibility index (Phi) is 9.11. The zero-order valence-corrected chi connectivity index (χ0v) is 17.0. The van der Waals surface area contributed by atoms with Crippen LogP contribution >= 0.6 is 0 Å². The number of likely N-dealkylation sites (N-methyl/N-ethyl adjacent to an activating group) is 1. The molecule has 7 heteroatoms. The molecule has 2 saturated heterocycles. The molecular formula is C19H39N5O2. The zero-order chi connectivity index (χ0) is 18.8. The number of aliphatic imine (C=N–C) groups is 1.